The van der Waals surface area contributed by atoms with Crippen LogP contribution in [0.2, 0.25) is 0 Å². The first kappa shape index (κ1) is 27.1. The normalized spacial score (nSPS) is 20.7. The van der Waals surface area contributed by atoms with Gasteiger partial charge in [0.1, 0.15) is 17.4 Å². The molecule has 0 radical (unpaired) electrons. The fourth-order valence-corrected chi connectivity index (χ4v) is 6.37. The van der Waals surface area contributed by atoms with Crippen molar-refractivity contribution >= 4 is 11.8 Å². The molecule has 1 aliphatic carbocycles. The topological polar surface area (TPSA) is 63.6 Å². The van der Waals surface area contributed by atoms with E-state index in [2.05, 4.69) is 34.0 Å². The second-order valence-corrected chi connectivity index (χ2v) is 11.8. The number of amidine groups is 1. The SMILES string of the molecule is CCCOc1cc(CN2CC3(CC(N4CCC(C(=O)OCC)CC4)=NO3)C2)cc(C2CC2)c1-c1ccc(F)cc1. The van der Waals surface area contributed by atoms with Crippen molar-refractivity contribution in [3.8, 4) is 16.9 Å². The van der Waals surface area contributed by atoms with Gasteiger partial charge in [0.05, 0.1) is 25.6 Å². The Bertz CT molecular complexity index is 1250. The monoisotopic (exact) mass is 549 g/mol. The Kier molecular flexibility index (Phi) is 7.71. The fraction of sp³-hybridized carbons (Fsp3) is 0.562. The van der Waals surface area contributed by atoms with E-state index in [0.717, 1.165) is 81.1 Å². The maximum absolute atomic E-state index is 13.7. The molecule has 40 heavy (non-hydrogen) atoms. The number of halogens is 1. The Morgan fingerprint density at radius 1 is 1.10 bits per heavy atom. The number of rotatable bonds is 9. The van der Waals surface area contributed by atoms with Gasteiger partial charge in [0, 0.05) is 38.3 Å². The lowest BCUT2D eigenvalue weighted by Gasteiger charge is -2.45. The van der Waals surface area contributed by atoms with Gasteiger partial charge in [-0.2, -0.15) is 0 Å². The zero-order chi connectivity index (χ0) is 27.7. The minimum absolute atomic E-state index is 0.00607. The van der Waals surface area contributed by atoms with Crippen molar-refractivity contribution in [2.24, 2.45) is 11.1 Å². The lowest BCUT2D eigenvalue weighted by atomic mass is 9.88. The van der Waals surface area contributed by atoms with Gasteiger partial charge in [-0.15, -0.1) is 0 Å². The van der Waals surface area contributed by atoms with Crippen molar-refractivity contribution in [1.82, 2.24) is 9.80 Å². The van der Waals surface area contributed by atoms with Crippen molar-refractivity contribution in [3.63, 3.8) is 0 Å². The molecule has 8 heteroatoms. The Morgan fingerprint density at radius 3 is 2.52 bits per heavy atom. The summed E-state index contributed by atoms with van der Waals surface area (Å²) in [5.74, 6) is 2.14. The van der Waals surface area contributed by atoms with E-state index in [4.69, 9.17) is 14.3 Å². The van der Waals surface area contributed by atoms with Crippen LogP contribution in [0.15, 0.2) is 41.6 Å². The fourth-order valence-electron chi connectivity index (χ4n) is 6.37. The average Bonchev–Trinajstić information content (AvgIpc) is 3.70. The van der Waals surface area contributed by atoms with Crippen molar-refractivity contribution in [2.45, 2.75) is 70.4 Å². The maximum Gasteiger partial charge on any atom is 0.309 e. The van der Waals surface area contributed by atoms with E-state index in [0.29, 0.717) is 19.1 Å². The molecule has 3 heterocycles. The van der Waals surface area contributed by atoms with Crippen LogP contribution < -0.4 is 4.74 Å². The van der Waals surface area contributed by atoms with E-state index in [1.54, 1.807) is 0 Å². The van der Waals surface area contributed by atoms with Crippen molar-refractivity contribution in [1.29, 1.82) is 0 Å². The van der Waals surface area contributed by atoms with Crippen LogP contribution in [0.25, 0.3) is 11.1 Å². The lowest BCUT2D eigenvalue weighted by molar-refractivity contribution is -0.149. The molecule has 4 aliphatic rings. The van der Waals surface area contributed by atoms with Crippen LogP contribution in [0.3, 0.4) is 0 Å². The number of oxime groups is 1. The zero-order valence-electron chi connectivity index (χ0n) is 23.7. The highest BCUT2D eigenvalue weighted by molar-refractivity contribution is 5.85. The summed E-state index contributed by atoms with van der Waals surface area (Å²) in [5, 5.41) is 4.48. The first-order valence-corrected chi connectivity index (χ1v) is 14.9. The van der Waals surface area contributed by atoms with E-state index in [9.17, 15) is 9.18 Å². The van der Waals surface area contributed by atoms with Crippen LogP contribution in [-0.4, -0.2) is 66.6 Å². The second kappa shape index (κ2) is 11.4. The van der Waals surface area contributed by atoms with Crippen LogP contribution in [-0.2, 0) is 20.9 Å². The third-order valence-corrected chi connectivity index (χ3v) is 8.54. The number of nitrogens with zero attached hydrogens (tertiary/aromatic N) is 3. The summed E-state index contributed by atoms with van der Waals surface area (Å²) in [6.07, 6.45) is 5.72. The van der Waals surface area contributed by atoms with Gasteiger partial charge in [-0.25, -0.2) is 4.39 Å². The number of esters is 1. The molecule has 0 N–H and O–H groups in total. The first-order chi connectivity index (χ1) is 19.5. The number of piperidine rings is 1. The smallest absolute Gasteiger partial charge is 0.309 e. The molecule has 0 aromatic heterocycles. The predicted octanol–water partition coefficient (Wildman–Crippen LogP) is 5.72. The quantitative estimate of drug-likeness (QED) is 0.373. The molecule has 0 unspecified atom stereocenters. The number of ether oxygens (including phenoxy) is 2. The number of benzene rings is 2. The largest absolute Gasteiger partial charge is 0.493 e. The molecule has 2 saturated heterocycles. The predicted molar refractivity (Wildman–Crippen MR) is 152 cm³/mol. The number of carbonyl (C=O) groups is 1. The minimum atomic E-state index is -0.248. The number of hydrogen-bond acceptors (Lipinski definition) is 7. The lowest BCUT2D eigenvalue weighted by Crippen LogP contribution is -2.61. The standard InChI is InChI=1S/C32H40FN3O4/c1-3-15-39-28-17-22(16-27(23-5-6-23)30(28)24-7-9-26(33)10-8-24)19-35-20-32(21-35)18-29(34-40-32)36-13-11-25(12-14-36)31(37)38-4-2/h7-10,16-17,23,25H,3-6,11-15,18-21H2,1-2H3. The van der Waals surface area contributed by atoms with Gasteiger partial charge in [0.15, 0.2) is 5.60 Å². The molecule has 2 aromatic carbocycles. The molecule has 0 amide bonds. The third-order valence-electron chi connectivity index (χ3n) is 8.54. The Balaban J connectivity index is 1.10. The molecule has 1 saturated carbocycles. The van der Waals surface area contributed by atoms with Crippen LogP contribution in [0.1, 0.15) is 69.4 Å². The average molecular weight is 550 g/mol. The summed E-state index contributed by atoms with van der Waals surface area (Å²) in [5.41, 5.74) is 4.44. The molecular formula is C32H40FN3O4. The van der Waals surface area contributed by atoms with Crippen LogP contribution >= 0.6 is 0 Å². The molecular weight excluding hydrogens is 509 g/mol. The first-order valence-electron chi connectivity index (χ1n) is 14.9. The second-order valence-electron chi connectivity index (χ2n) is 11.8. The number of carbonyl (C=O) groups excluding carboxylic acids is 1. The molecule has 214 valence electrons. The highest BCUT2D eigenvalue weighted by atomic mass is 19.1. The molecule has 6 rings (SSSR count). The Labute approximate surface area is 236 Å². The Hall–Kier alpha value is -3.13. The van der Waals surface area contributed by atoms with Gasteiger partial charge < -0.3 is 19.2 Å². The number of likely N-dealkylation sites (tertiary alicyclic amines) is 2. The highest BCUT2D eigenvalue weighted by Crippen LogP contribution is 2.48. The minimum Gasteiger partial charge on any atom is -0.493 e. The van der Waals surface area contributed by atoms with E-state index >= 15 is 0 Å². The van der Waals surface area contributed by atoms with Gasteiger partial charge in [-0.1, -0.05) is 30.3 Å². The summed E-state index contributed by atoms with van der Waals surface area (Å²) in [6.45, 7) is 9.19. The third kappa shape index (κ3) is 5.69. The van der Waals surface area contributed by atoms with Crippen LogP contribution in [0.5, 0.6) is 5.75 Å². The Morgan fingerprint density at radius 2 is 1.85 bits per heavy atom. The van der Waals surface area contributed by atoms with E-state index in [-0.39, 0.29) is 23.3 Å². The van der Waals surface area contributed by atoms with Crippen molar-refractivity contribution in [2.75, 3.05) is 39.4 Å². The summed E-state index contributed by atoms with van der Waals surface area (Å²) >= 11 is 0. The van der Waals surface area contributed by atoms with Gasteiger partial charge >= 0.3 is 5.97 Å². The summed E-state index contributed by atoms with van der Waals surface area (Å²) in [7, 11) is 0. The molecule has 0 bridgehead atoms. The van der Waals surface area contributed by atoms with E-state index < -0.39 is 0 Å². The van der Waals surface area contributed by atoms with Crippen LogP contribution in [0, 0.1) is 11.7 Å². The van der Waals surface area contributed by atoms with Crippen molar-refractivity contribution < 1.29 is 23.5 Å². The van der Waals surface area contributed by atoms with Gasteiger partial charge in [-0.3, -0.25) is 9.69 Å². The van der Waals surface area contributed by atoms with Gasteiger partial charge in [0.2, 0.25) is 0 Å². The molecule has 7 nitrogen and oxygen atoms in total. The maximum atomic E-state index is 13.7. The summed E-state index contributed by atoms with van der Waals surface area (Å²) < 4.78 is 25.2. The molecule has 3 aliphatic heterocycles. The molecule has 0 atom stereocenters. The molecule has 3 fully saturated rings. The highest BCUT2D eigenvalue weighted by Gasteiger charge is 2.51. The van der Waals surface area contributed by atoms with Gasteiger partial charge in [0.25, 0.3) is 0 Å². The molecule has 2 aromatic rings. The van der Waals surface area contributed by atoms with E-state index in [1.165, 1.54) is 36.1 Å². The summed E-state index contributed by atoms with van der Waals surface area (Å²) in [6, 6.07) is 11.3. The molecule has 1 spiro atoms. The number of hydrogen-bond donors (Lipinski definition) is 0. The van der Waals surface area contributed by atoms with Gasteiger partial charge in [-0.05, 0) is 79.8 Å². The summed E-state index contributed by atoms with van der Waals surface area (Å²) in [4.78, 5) is 22.8. The van der Waals surface area contributed by atoms with Crippen molar-refractivity contribution in [3.05, 3.63) is 53.3 Å². The van der Waals surface area contributed by atoms with E-state index in [1.807, 2.05) is 19.1 Å². The zero-order valence-corrected chi connectivity index (χ0v) is 23.7. The van der Waals surface area contributed by atoms with Crippen LogP contribution in [0.4, 0.5) is 4.39 Å².